The Balaban J connectivity index is 1.88. The summed E-state index contributed by atoms with van der Waals surface area (Å²) in [5.74, 6) is 0.523. The molecule has 1 N–H and O–H groups in total. The molecule has 0 saturated heterocycles. The van der Waals surface area contributed by atoms with Gasteiger partial charge in [-0.3, -0.25) is 4.79 Å². The monoisotopic (exact) mass is 327 g/mol. The van der Waals surface area contributed by atoms with Crippen LogP contribution in [0, 0.1) is 0 Å². The number of benzene rings is 2. The highest BCUT2D eigenvalue weighted by molar-refractivity contribution is 7.98. The molecule has 0 saturated carbocycles. The Morgan fingerprint density at radius 3 is 2.83 bits per heavy atom. The van der Waals surface area contributed by atoms with Crippen LogP contribution in [0.15, 0.2) is 47.4 Å². The molecule has 1 amide bonds. The molecule has 0 spiro atoms. The quantitative estimate of drug-likeness (QED) is 0.745. The van der Waals surface area contributed by atoms with Crippen molar-refractivity contribution in [2.45, 2.75) is 4.90 Å². The van der Waals surface area contributed by atoms with Crippen LogP contribution in [0.4, 0.5) is 5.69 Å². The van der Waals surface area contributed by atoms with Crippen LogP contribution < -0.4 is 10.1 Å². The van der Waals surface area contributed by atoms with Gasteiger partial charge in [-0.15, -0.1) is 11.8 Å². The van der Waals surface area contributed by atoms with Gasteiger partial charge in [-0.25, -0.2) is 4.68 Å². The number of ether oxygens (including phenoxy) is 1. The van der Waals surface area contributed by atoms with Crippen molar-refractivity contribution in [3.05, 3.63) is 48.0 Å². The van der Waals surface area contributed by atoms with E-state index in [-0.39, 0.29) is 5.91 Å². The van der Waals surface area contributed by atoms with Crippen molar-refractivity contribution >= 4 is 34.3 Å². The molecule has 2 aromatic carbocycles. The number of hydrogen-bond acceptors (Lipinski definition) is 4. The molecule has 0 aliphatic heterocycles. The number of methoxy groups -OCH3 is 1. The summed E-state index contributed by atoms with van der Waals surface area (Å²) < 4.78 is 6.98. The normalized spacial score (nSPS) is 10.7. The van der Waals surface area contributed by atoms with Crippen LogP contribution in [0.1, 0.15) is 10.4 Å². The minimum absolute atomic E-state index is 0.158. The number of hydrogen-bond donors (Lipinski definition) is 1. The van der Waals surface area contributed by atoms with E-state index in [4.69, 9.17) is 4.74 Å². The first-order chi connectivity index (χ1) is 11.1. The Morgan fingerprint density at radius 1 is 1.26 bits per heavy atom. The molecule has 6 heteroatoms. The number of anilines is 1. The summed E-state index contributed by atoms with van der Waals surface area (Å²) in [6, 6.07) is 13.2. The van der Waals surface area contributed by atoms with E-state index in [2.05, 4.69) is 10.4 Å². The Hall–Kier alpha value is -2.47. The summed E-state index contributed by atoms with van der Waals surface area (Å²) in [5.41, 5.74) is 2.07. The number of aryl methyl sites for hydroxylation is 1. The molecule has 1 heterocycles. The maximum absolute atomic E-state index is 12.4. The maximum Gasteiger partial charge on any atom is 0.255 e. The molecule has 0 fully saturated rings. The lowest BCUT2D eigenvalue weighted by Crippen LogP contribution is -2.11. The fraction of sp³-hybridized carbons (Fsp3) is 0.176. The second-order valence-electron chi connectivity index (χ2n) is 5.05. The van der Waals surface area contributed by atoms with Crippen LogP contribution in [0.3, 0.4) is 0 Å². The van der Waals surface area contributed by atoms with Crippen LogP contribution in [0.2, 0.25) is 0 Å². The third-order valence-corrected chi connectivity index (χ3v) is 4.29. The number of fused-ring (bicyclic) bond motifs is 1. The van der Waals surface area contributed by atoms with Crippen molar-refractivity contribution in [1.29, 1.82) is 0 Å². The van der Waals surface area contributed by atoms with E-state index >= 15 is 0 Å². The topological polar surface area (TPSA) is 56.1 Å². The molecule has 0 bridgehead atoms. The lowest BCUT2D eigenvalue weighted by atomic mass is 10.1. The molecule has 23 heavy (non-hydrogen) atoms. The molecule has 0 radical (unpaired) electrons. The lowest BCUT2D eigenvalue weighted by molar-refractivity contribution is 0.102. The van der Waals surface area contributed by atoms with Crippen molar-refractivity contribution in [2.24, 2.45) is 7.05 Å². The van der Waals surface area contributed by atoms with Gasteiger partial charge in [0.25, 0.3) is 5.91 Å². The zero-order valence-corrected chi connectivity index (χ0v) is 14.0. The SMILES string of the molecule is COc1c2ccc(C(=O)Nc3cccc(SC)c3)cc2nn1C. The molecule has 118 valence electrons. The summed E-state index contributed by atoms with van der Waals surface area (Å²) in [5, 5.41) is 8.17. The Morgan fingerprint density at radius 2 is 2.09 bits per heavy atom. The average molecular weight is 327 g/mol. The van der Waals surface area contributed by atoms with E-state index in [1.165, 1.54) is 0 Å². The van der Waals surface area contributed by atoms with Gasteiger partial charge in [0, 0.05) is 23.2 Å². The highest BCUT2D eigenvalue weighted by Gasteiger charge is 2.13. The number of nitrogens with zero attached hydrogens (tertiary/aromatic N) is 2. The lowest BCUT2D eigenvalue weighted by Gasteiger charge is -2.06. The minimum atomic E-state index is -0.158. The Bertz CT molecular complexity index is 873. The predicted octanol–water partition coefficient (Wildman–Crippen LogP) is 3.56. The highest BCUT2D eigenvalue weighted by Crippen LogP contribution is 2.26. The number of nitrogens with one attached hydrogen (secondary N) is 1. The van der Waals surface area contributed by atoms with E-state index in [0.29, 0.717) is 11.4 Å². The zero-order chi connectivity index (χ0) is 16.4. The molecule has 0 aliphatic carbocycles. The van der Waals surface area contributed by atoms with Crippen LogP contribution in [-0.2, 0) is 7.05 Å². The Labute approximate surface area is 138 Å². The summed E-state index contributed by atoms with van der Waals surface area (Å²) in [6.07, 6.45) is 2.00. The summed E-state index contributed by atoms with van der Waals surface area (Å²) in [7, 11) is 3.42. The van der Waals surface area contributed by atoms with Crippen LogP contribution >= 0.6 is 11.8 Å². The molecule has 3 aromatic rings. The first-order valence-electron chi connectivity index (χ1n) is 7.08. The largest absolute Gasteiger partial charge is 0.481 e. The molecule has 0 unspecified atom stereocenters. The van der Waals surface area contributed by atoms with E-state index in [9.17, 15) is 4.79 Å². The molecular weight excluding hydrogens is 310 g/mol. The summed E-state index contributed by atoms with van der Waals surface area (Å²) in [4.78, 5) is 13.5. The fourth-order valence-electron chi connectivity index (χ4n) is 2.46. The number of amides is 1. The minimum Gasteiger partial charge on any atom is -0.481 e. The first kappa shape index (κ1) is 15.4. The van der Waals surface area contributed by atoms with Crippen molar-refractivity contribution in [3.63, 3.8) is 0 Å². The van der Waals surface area contributed by atoms with Gasteiger partial charge in [0.1, 0.15) is 0 Å². The van der Waals surface area contributed by atoms with Gasteiger partial charge < -0.3 is 10.1 Å². The van der Waals surface area contributed by atoms with Crippen molar-refractivity contribution in [1.82, 2.24) is 9.78 Å². The van der Waals surface area contributed by atoms with Crippen LogP contribution in [-0.4, -0.2) is 29.1 Å². The standard InChI is InChI=1S/C17H17N3O2S/c1-20-17(22-2)14-8-7-11(9-15(14)19-20)16(21)18-12-5-4-6-13(10-12)23-3/h4-10H,1-3H3,(H,18,21). The molecule has 5 nitrogen and oxygen atoms in total. The van der Waals surface area contributed by atoms with Gasteiger partial charge in [-0.05, 0) is 42.7 Å². The van der Waals surface area contributed by atoms with Gasteiger partial charge >= 0.3 is 0 Å². The number of rotatable bonds is 4. The van der Waals surface area contributed by atoms with Crippen molar-refractivity contribution in [2.75, 3.05) is 18.7 Å². The molecule has 0 atom stereocenters. The average Bonchev–Trinajstić information content (AvgIpc) is 2.89. The van der Waals surface area contributed by atoms with Gasteiger partial charge in [0.15, 0.2) is 0 Å². The van der Waals surface area contributed by atoms with Gasteiger partial charge in [0.05, 0.1) is 18.0 Å². The Kier molecular flexibility index (Phi) is 4.25. The number of carbonyl (C=O) groups excluding carboxylic acids is 1. The number of aromatic nitrogens is 2. The third-order valence-electron chi connectivity index (χ3n) is 3.56. The number of thioether (sulfide) groups is 1. The molecular formula is C17H17N3O2S. The summed E-state index contributed by atoms with van der Waals surface area (Å²) >= 11 is 1.64. The maximum atomic E-state index is 12.4. The highest BCUT2D eigenvalue weighted by atomic mass is 32.2. The second kappa shape index (κ2) is 6.34. The van der Waals surface area contributed by atoms with E-state index in [1.807, 2.05) is 43.6 Å². The third kappa shape index (κ3) is 3.03. The zero-order valence-electron chi connectivity index (χ0n) is 13.2. The predicted molar refractivity (Wildman–Crippen MR) is 93.4 cm³/mol. The van der Waals surface area contributed by atoms with Crippen molar-refractivity contribution < 1.29 is 9.53 Å². The molecule has 0 aliphatic rings. The van der Waals surface area contributed by atoms with Crippen molar-refractivity contribution in [3.8, 4) is 5.88 Å². The first-order valence-corrected chi connectivity index (χ1v) is 8.31. The summed E-state index contributed by atoms with van der Waals surface area (Å²) in [6.45, 7) is 0. The second-order valence-corrected chi connectivity index (χ2v) is 5.93. The van der Waals surface area contributed by atoms with E-state index in [1.54, 1.807) is 35.7 Å². The fourth-order valence-corrected chi connectivity index (χ4v) is 2.92. The van der Waals surface area contributed by atoms with Gasteiger partial charge in [0.2, 0.25) is 5.88 Å². The van der Waals surface area contributed by atoms with Crippen LogP contribution in [0.25, 0.3) is 10.9 Å². The molecule has 3 rings (SSSR count). The smallest absolute Gasteiger partial charge is 0.255 e. The van der Waals surface area contributed by atoms with Gasteiger partial charge in [-0.1, -0.05) is 6.07 Å². The number of carbonyl (C=O) groups is 1. The van der Waals surface area contributed by atoms with E-state index < -0.39 is 0 Å². The van der Waals surface area contributed by atoms with Crippen LogP contribution in [0.5, 0.6) is 5.88 Å². The van der Waals surface area contributed by atoms with Gasteiger partial charge in [-0.2, -0.15) is 5.10 Å². The molecule has 1 aromatic heterocycles. The van der Waals surface area contributed by atoms with E-state index in [0.717, 1.165) is 21.5 Å².